The highest BCUT2D eigenvalue weighted by molar-refractivity contribution is 6.25. The van der Waals surface area contributed by atoms with Crippen molar-refractivity contribution in [1.82, 2.24) is 10.2 Å². The molecule has 18 nitrogen and oxygen atoms in total. The molecule has 1 fully saturated rings. The predicted octanol–water partition coefficient (Wildman–Crippen LogP) is 0.768. The zero-order chi connectivity index (χ0) is 39.5. The largest absolute Gasteiger partial charge is 0.460 e. The molecule has 2 aliphatic rings. The van der Waals surface area contributed by atoms with Gasteiger partial charge in [0.25, 0.3) is 11.8 Å². The number of carbonyl (C=O) groups excluding carboxylic acids is 5. The molecule has 3 rings (SSSR count). The molecule has 2 N–H and O–H groups in total. The maximum Gasteiger partial charge on any atom is 0.333 e. The molecule has 1 saturated heterocycles. The fourth-order valence-electron chi connectivity index (χ4n) is 5.10. The van der Waals surface area contributed by atoms with Crippen LogP contribution in [0, 0.1) is 0 Å². The van der Waals surface area contributed by atoms with Crippen molar-refractivity contribution < 1.29 is 71.3 Å². The van der Waals surface area contributed by atoms with Gasteiger partial charge in [-0.25, -0.2) is 4.79 Å². The number of fused-ring (bicyclic) bond motifs is 1. The van der Waals surface area contributed by atoms with Gasteiger partial charge < -0.3 is 52.7 Å². The van der Waals surface area contributed by atoms with E-state index in [4.69, 9.17) is 47.4 Å². The number of nitrogens with one attached hydrogen (secondary N) is 2. The molecular weight excluding hydrogens is 726 g/mol. The van der Waals surface area contributed by atoms with Gasteiger partial charge in [0, 0.05) is 24.2 Å². The summed E-state index contributed by atoms with van der Waals surface area (Å²) in [7, 11) is 0. The normalized spacial score (nSPS) is 15.4. The molecule has 308 valence electrons. The van der Waals surface area contributed by atoms with Crippen molar-refractivity contribution in [3.8, 4) is 0 Å². The van der Waals surface area contributed by atoms with Crippen molar-refractivity contribution in [2.75, 3.05) is 137 Å². The molecule has 1 unspecified atom stereocenters. The minimum absolute atomic E-state index is 0.0624. The van der Waals surface area contributed by atoms with E-state index in [1.807, 2.05) is 0 Å². The molecular formula is C37H55N3O15. The van der Waals surface area contributed by atoms with Gasteiger partial charge in [0.2, 0.25) is 11.8 Å². The van der Waals surface area contributed by atoms with Crippen LogP contribution in [0.3, 0.4) is 0 Å². The van der Waals surface area contributed by atoms with Gasteiger partial charge in [-0.05, 0) is 25.5 Å². The van der Waals surface area contributed by atoms with Crippen molar-refractivity contribution in [3.63, 3.8) is 0 Å². The highest BCUT2D eigenvalue weighted by Gasteiger charge is 2.45. The third kappa shape index (κ3) is 17.7. The van der Waals surface area contributed by atoms with Crippen LogP contribution in [0.25, 0.3) is 0 Å². The molecule has 0 bridgehead atoms. The Morgan fingerprint density at radius 2 is 1.11 bits per heavy atom. The Hall–Kier alpha value is -3.85. The van der Waals surface area contributed by atoms with Gasteiger partial charge >= 0.3 is 5.97 Å². The van der Waals surface area contributed by atoms with E-state index >= 15 is 0 Å². The van der Waals surface area contributed by atoms with Crippen molar-refractivity contribution in [2.24, 2.45) is 0 Å². The maximum absolute atomic E-state index is 13.1. The Kier molecular flexibility index (Phi) is 22.9. The van der Waals surface area contributed by atoms with Crippen LogP contribution in [-0.4, -0.2) is 173 Å². The number of amides is 4. The van der Waals surface area contributed by atoms with E-state index in [1.54, 1.807) is 25.1 Å². The topological polar surface area (TPSA) is 205 Å². The number of benzene rings is 1. The molecule has 0 aromatic heterocycles. The molecule has 0 spiro atoms. The average Bonchev–Trinajstić information content (AvgIpc) is 3.42. The first kappa shape index (κ1) is 45.5. The lowest BCUT2D eigenvalue weighted by Gasteiger charge is -2.27. The second-order valence-electron chi connectivity index (χ2n) is 12.0. The molecule has 0 radical (unpaired) electrons. The van der Waals surface area contributed by atoms with Gasteiger partial charge in [-0.1, -0.05) is 12.6 Å². The SMILES string of the molecule is C=C(C)C(=O)OCCOCCOCCOCCOCCOCCOCCOCCOCCOCCNc1cccc2c1C(=O)N(C1CCC(=O)NC1=O)C2=O. The van der Waals surface area contributed by atoms with E-state index in [0.29, 0.717) is 137 Å². The fourth-order valence-corrected chi connectivity index (χ4v) is 5.10. The molecule has 0 aliphatic carbocycles. The van der Waals surface area contributed by atoms with Gasteiger partial charge in [-0.2, -0.15) is 0 Å². The smallest absolute Gasteiger partial charge is 0.333 e. The van der Waals surface area contributed by atoms with E-state index in [1.165, 1.54) is 0 Å². The van der Waals surface area contributed by atoms with E-state index in [2.05, 4.69) is 17.2 Å². The molecule has 0 saturated carbocycles. The number of imide groups is 2. The third-order valence-electron chi connectivity index (χ3n) is 7.82. The number of rotatable bonds is 33. The zero-order valence-electron chi connectivity index (χ0n) is 31.6. The molecule has 2 aliphatic heterocycles. The van der Waals surface area contributed by atoms with Crippen molar-refractivity contribution in [1.29, 1.82) is 0 Å². The highest BCUT2D eigenvalue weighted by Crippen LogP contribution is 2.32. The van der Waals surface area contributed by atoms with Crippen LogP contribution in [0.15, 0.2) is 30.4 Å². The number of hydrogen-bond acceptors (Lipinski definition) is 16. The van der Waals surface area contributed by atoms with E-state index < -0.39 is 35.6 Å². The van der Waals surface area contributed by atoms with Gasteiger partial charge in [-0.3, -0.25) is 29.4 Å². The first-order valence-electron chi connectivity index (χ1n) is 18.4. The number of nitrogens with zero attached hydrogens (tertiary/aromatic N) is 1. The first-order valence-corrected chi connectivity index (χ1v) is 18.4. The van der Waals surface area contributed by atoms with Crippen molar-refractivity contribution >= 4 is 35.3 Å². The van der Waals surface area contributed by atoms with Gasteiger partial charge in [0.1, 0.15) is 12.6 Å². The first-order chi connectivity index (χ1) is 26.8. The summed E-state index contributed by atoms with van der Waals surface area (Å²) < 4.78 is 54.1. The molecule has 55 heavy (non-hydrogen) atoms. The molecule has 18 heteroatoms. The van der Waals surface area contributed by atoms with Crippen molar-refractivity contribution in [2.45, 2.75) is 25.8 Å². The monoisotopic (exact) mass is 781 g/mol. The number of ether oxygens (including phenoxy) is 10. The molecule has 1 atom stereocenters. The number of hydrogen-bond donors (Lipinski definition) is 2. The minimum atomic E-state index is -1.01. The lowest BCUT2D eigenvalue weighted by atomic mass is 10.0. The summed E-state index contributed by atoms with van der Waals surface area (Å²) in [6, 6.07) is 3.89. The molecule has 1 aromatic carbocycles. The third-order valence-corrected chi connectivity index (χ3v) is 7.82. The second-order valence-corrected chi connectivity index (χ2v) is 12.0. The Morgan fingerprint density at radius 1 is 0.673 bits per heavy atom. The summed E-state index contributed by atoms with van der Waals surface area (Å²) in [5, 5.41) is 5.32. The minimum Gasteiger partial charge on any atom is -0.460 e. The Morgan fingerprint density at radius 3 is 1.55 bits per heavy atom. The number of piperidine rings is 1. The fraction of sp³-hybridized carbons (Fsp3) is 0.649. The van der Waals surface area contributed by atoms with Crippen LogP contribution in [-0.2, 0) is 61.8 Å². The molecule has 1 aromatic rings. The highest BCUT2D eigenvalue weighted by atomic mass is 16.6. The molecule has 4 amide bonds. The Balaban J connectivity index is 1.02. The average molecular weight is 782 g/mol. The van der Waals surface area contributed by atoms with Crippen LogP contribution in [0.2, 0.25) is 0 Å². The summed E-state index contributed by atoms with van der Waals surface area (Å²) in [4.78, 5) is 62.0. The lowest BCUT2D eigenvalue weighted by molar-refractivity contribution is -0.140. The zero-order valence-corrected chi connectivity index (χ0v) is 31.6. The van der Waals surface area contributed by atoms with Crippen LogP contribution >= 0.6 is 0 Å². The summed E-state index contributed by atoms with van der Waals surface area (Å²) in [5.41, 5.74) is 1.25. The summed E-state index contributed by atoms with van der Waals surface area (Å²) in [6.07, 6.45) is 0.163. The van der Waals surface area contributed by atoms with Crippen LogP contribution in [0.4, 0.5) is 5.69 Å². The lowest BCUT2D eigenvalue weighted by Crippen LogP contribution is -2.54. The van der Waals surface area contributed by atoms with Gasteiger partial charge in [0.05, 0.1) is 130 Å². The number of carbonyl (C=O) groups is 5. The second kappa shape index (κ2) is 27.7. The summed E-state index contributed by atoms with van der Waals surface area (Å²) in [5.74, 6) is -2.61. The summed E-state index contributed by atoms with van der Waals surface area (Å²) >= 11 is 0. The summed E-state index contributed by atoms with van der Waals surface area (Å²) in [6.45, 7) is 13.2. The number of anilines is 1. The Bertz CT molecular complexity index is 1360. The predicted molar refractivity (Wildman–Crippen MR) is 195 cm³/mol. The molecule has 2 heterocycles. The van der Waals surface area contributed by atoms with E-state index in [-0.39, 0.29) is 30.6 Å². The quantitative estimate of drug-likeness (QED) is 0.0437. The number of esters is 1. The Labute approximate surface area is 321 Å². The van der Waals surface area contributed by atoms with Gasteiger partial charge in [-0.15, -0.1) is 0 Å². The van der Waals surface area contributed by atoms with Crippen LogP contribution < -0.4 is 10.6 Å². The maximum atomic E-state index is 13.1. The van der Waals surface area contributed by atoms with Crippen LogP contribution in [0.1, 0.15) is 40.5 Å². The van der Waals surface area contributed by atoms with E-state index in [9.17, 15) is 24.0 Å². The van der Waals surface area contributed by atoms with Crippen molar-refractivity contribution in [3.05, 3.63) is 41.5 Å². The standard InChI is InChI=1S/C37H55N3O15/c1-28(2)37(45)55-27-26-54-25-24-53-23-22-52-21-20-51-19-18-50-17-16-49-15-14-48-13-12-47-11-10-46-9-8-38-30-5-3-4-29-33(30)36(44)40(35(29)43)31-6-7-32(41)39-34(31)42/h3-5,31,38H,1,6-27H2,2H3,(H,39,41,42). The van der Waals surface area contributed by atoms with Gasteiger partial charge in [0.15, 0.2) is 0 Å². The van der Waals surface area contributed by atoms with E-state index in [0.717, 1.165) is 4.90 Å². The van der Waals surface area contributed by atoms with Crippen LogP contribution in [0.5, 0.6) is 0 Å².